The number of rotatable bonds is 0. The van der Waals surface area contributed by atoms with Gasteiger partial charge in [-0.1, -0.05) is 127 Å². The first-order chi connectivity index (χ1) is 31.3. The van der Waals surface area contributed by atoms with Crippen molar-refractivity contribution >= 4 is 0 Å². The van der Waals surface area contributed by atoms with Crippen molar-refractivity contribution in [2.24, 2.45) is 0 Å². The van der Waals surface area contributed by atoms with Crippen molar-refractivity contribution in [1.29, 1.82) is 0 Å². The Kier molecular flexibility index (Phi) is 15.9. The Hall–Kier alpha value is -6.38. The Balaban J connectivity index is 1.08. The van der Waals surface area contributed by atoms with E-state index in [-0.39, 0.29) is 0 Å². The molecule has 0 unspecified atom stereocenters. The van der Waals surface area contributed by atoms with Crippen LogP contribution in [0.15, 0.2) is 170 Å². The molecular weight excluding hydrogens is 785 g/mol. The van der Waals surface area contributed by atoms with Crippen LogP contribution in [0.4, 0.5) is 0 Å². The molecule has 0 bridgehead atoms. The quantitative estimate of drug-likeness (QED) is 0.151. The summed E-state index contributed by atoms with van der Waals surface area (Å²) >= 11 is 0. The van der Waals surface area contributed by atoms with Gasteiger partial charge in [0.25, 0.3) is 0 Å². The van der Waals surface area contributed by atoms with Gasteiger partial charge in [0.15, 0.2) is 0 Å². The van der Waals surface area contributed by atoms with Gasteiger partial charge in [0.1, 0.15) is 40.2 Å². The van der Waals surface area contributed by atoms with Crippen LogP contribution < -0.4 is 18.9 Å². The van der Waals surface area contributed by atoms with Crippen molar-refractivity contribution in [2.45, 2.75) is 44.9 Å². The van der Waals surface area contributed by atoms with Crippen LogP contribution in [0.2, 0.25) is 0 Å². The van der Waals surface area contributed by atoms with Gasteiger partial charge in [0.05, 0.1) is 13.2 Å². The first kappa shape index (κ1) is 43.3. The zero-order chi connectivity index (χ0) is 42.7. The summed E-state index contributed by atoms with van der Waals surface area (Å²) < 4.78 is 44.8. The van der Waals surface area contributed by atoms with Gasteiger partial charge in [-0.25, -0.2) is 0 Å². The van der Waals surface area contributed by atoms with Gasteiger partial charge in [-0.05, 0) is 93.0 Å². The summed E-state index contributed by atoms with van der Waals surface area (Å²) in [5.41, 5.74) is 6.63. The summed E-state index contributed by atoms with van der Waals surface area (Å²) in [5, 5.41) is 0. The first-order valence-electron chi connectivity index (χ1n) is 22.3. The molecule has 1 heterocycles. The van der Waals surface area contributed by atoms with Crippen molar-refractivity contribution < 1.29 is 33.2 Å². The number of ether oxygens (including phenoxy) is 7. The van der Waals surface area contributed by atoms with Gasteiger partial charge in [-0.15, -0.1) is 0 Å². The molecule has 0 aromatic heterocycles. The largest absolute Gasteiger partial charge is 0.493 e. The molecule has 8 rings (SSSR count). The third-order valence-corrected chi connectivity index (χ3v) is 10.9. The highest BCUT2D eigenvalue weighted by atomic mass is 16.5. The standard InChI is InChI=1S/C56H56O7/c1-8-28-50-43(21-1)35-42-59-40-18-17-38-57-36-15-16-37-58-39-19-20-41-60-51-29-9-2-22-44(51)45-23-3-11-31-53(45)62-55-33-13-6-26-48(55)49-27-7-14-34-56(49)63-54-32-12-5-25-47(54)46-24-4-10-30-52(46)61-50/h1-14,21-34H,15-20,35-42H2. The lowest BCUT2D eigenvalue weighted by molar-refractivity contribution is 0.0897. The summed E-state index contributed by atoms with van der Waals surface area (Å²) in [4.78, 5) is 0. The lowest BCUT2D eigenvalue weighted by atomic mass is 10.0. The van der Waals surface area contributed by atoms with Crippen molar-refractivity contribution in [3.05, 3.63) is 175 Å². The Labute approximate surface area is 372 Å². The van der Waals surface area contributed by atoms with E-state index in [0.29, 0.717) is 37.1 Å². The van der Waals surface area contributed by atoms with Crippen LogP contribution in [0.25, 0.3) is 33.4 Å². The van der Waals surface area contributed by atoms with Crippen molar-refractivity contribution in [3.8, 4) is 73.6 Å². The zero-order valence-corrected chi connectivity index (χ0v) is 35.9. The molecule has 0 atom stereocenters. The fourth-order valence-electron chi connectivity index (χ4n) is 7.66. The molecule has 0 aliphatic carbocycles. The van der Waals surface area contributed by atoms with E-state index in [1.54, 1.807) is 0 Å². The maximum absolute atomic E-state index is 6.91. The summed E-state index contributed by atoms with van der Waals surface area (Å²) in [5.74, 6) is 5.18. The lowest BCUT2D eigenvalue weighted by Gasteiger charge is -2.19. The van der Waals surface area contributed by atoms with E-state index >= 15 is 0 Å². The Morgan fingerprint density at radius 1 is 0.238 bits per heavy atom. The second-order valence-corrected chi connectivity index (χ2v) is 15.4. The summed E-state index contributed by atoms with van der Waals surface area (Å²) in [6, 6.07) is 56.9. The Morgan fingerprint density at radius 2 is 0.508 bits per heavy atom. The van der Waals surface area contributed by atoms with Crippen LogP contribution in [0.3, 0.4) is 0 Å². The number of hydrogen-bond acceptors (Lipinski definition) is 7. The maximum atomic E-state index is 6.91. The van der Waals surface area contributed by atoms with E-state index in [1.165, 1.54) is 0 Å². The minimum absolute atomic E-state index is 0.595. The van der Waals surface area contributed by atoms with Crippen molar-refractivity contribution in [1.82, 2.24) is 0 Å². The fraction of sp³-hybridized carbons (Fsp3) is 0.250. The highest BCUT2D eigenvalue weighted by Gasteiger charge is 2.19. The second kappa shape index (κ2) is 23.2. The Bertz CT molecular complexity index is 2500. The number of fused-ring (bicyclic) bond motifs is 10. The molecule has 7 nitrogen and oxygen atoms in total. The number of para-hydroxylation sites is 7. The maximum Gasteiger partial charge on any atom is 0.135 e. The van der Waals surface area contributed by atoms with Gasteiger partial charge >= 0.3 is 0 Å². The van der Waals surface area contributed by atoms with Gasteiger partial charge in [-0.3, -0.25) is 0 Å². The predicted octanol–water partition coefficient (Wildman–Crippen LogP) is 14.4. The molecule has 0 fully saturated rings. The predicted molar refractivity (Wildman–Crippen MR) is 252 cm³/mol. The van der Waals surface area contributed by atoms with Crippen LogP contribution in [0.1, 0.15) is 44.1 Å². The first-order valence-corrected chi connectivity index (χ1v) is 22.3. The molecule has 7 aromatic rings. The van der Waals surface area contributed by atoms with Crippen LogP contribution in [0.5, 0.6) is 40.2 Å². The van der Waals surface area contributed by atoms with Gasteiger partial charge in [-0.2, -0.15) is 0 Å². The molecule has 1 aliphatic rings. The van der Waals surface area contributed by atoms with E-state index in [0.717, 1.165) is 133 Å². The SMILES string of the molecule is c1ccc2c(c1)CCOCCCCOCCCCOCCCCOc1ccccc1-c1ccccc1Oc1ccccc1-c1ccccc1Oc1ccccc1-c1ccccc1O2. The molecule has 0 saturated heterocycles. The molecular formula is C56H56O7. The molecule has 322 valence electrons. The number of benzene rings is 7. The molecule has 0 amide bonds. The van der Waals surface area contributed by atoms with E-state index in [4.69, 9.17) is 33.2 Å². The zero-order valence-electron chi connectivity index (χ0n) is 35.9. The Morgan fingerprint density at radius 3 is 0.905 bits per heavy atom. The number of hydrogen-bond donors (Lipinski definition) is 0. The topological polar surface area (TPSA) is 64.6 Å². The summed E-state index contributed by atoms with van der Waals surface area (Å²) in [6.45, 7) is 4.87. The molecule has 7 heteroatoms. The highest BCUT2D eigenvalue weighted by Crippen LogP contribution is 2.45. The molecule has 0 saturated carbocycles. The summed E-state index contributed by atoms with van der Waals surface area (Å²) in [6.07, 6.45) is 6.49. The van der Waals surface area contributed by atoms with E-state index in [2.05, 4.69) is 42.5 Å². The van der Waals surface area contributed by atoms with Crippen molar-refractivity contribution in [3.63, 3.8) is 0 Å². The molecule has 0 N–H and O–H groups in total. The minimum Gasteiger partial charge on any atom is -0.493 e. The summed E-state index contributed by atoms with van der Waals surface area (Å²) in [7, 11) is 0. The van der Waals surface area contributed by atoms with Crippen LogP contribution >= 0.6 is 0 Å². The van der Waals surface area contributed by atoms with Gasteiger partial charge in [0, 0.05) is 66.4 Å². The normalized spacial score (nSPS) is 15.0. The average molecular weight is 841 g/mol. The molecule has 7 aromatic carbocycles. The third kappa shape index (κ3) is 12.0. The second-order valence-electron chi connectivity index (χ2n) is 15.4. The average Bonchev–Trinajstić information content (AvgIpc) is 3.32. The lowest BCUT2D eigenvalue weighted by Crippen LogP contribution is -2.05. The van der Waals surface area contributed by atoms with Crippen molar-refractivity contribution in [2.75, 3.05) is 46.2 Å². The van der Waals surface area contributed by atoms with E-state index < -0.39 is 0 Å². The molecule has 1 aliphatic heterocycles. The van der Waals surface area contributed by atoms with Crippen LogP contribution in [-0.4, -0.2) is 46.2 Å². The molecule has 0 spiro atoms. The monoisotopic (exact) mass is 840 g/mol. The smallest absolute Gasteiger partial charge is 0.135 e. The molecule has 63 heavy (non-hydrogen) atoms. The molecule has 0 radical (unpaired) electrons. The van der Waals surface area contributed by atoms with Crippen LogP contribution in [-0.2, 0) is 20.6 Å². The third-order valence-electron chi connectivity index (χ3n) is 10.9. The van der Waals surface area contributed by atoms with Gasteiger partial charge in [0.2, 0.25) is 0 Å². The van der Waals surface area contributed by atoms with E-state index in [1.807, 2.05) is 127 Å². The highest BCUT2D eigenvalue weighted by molar-refractivity contribution is 5.81. The minimum atomic E-state index is 0.595. The van der Waals surface area contributed by atoms with Gasteiger partial charge < -0.3 is 33.2 Å². The van der Waals surface area contributed by atoms with E-state index in [9.17, 15) is 0 Å². The van der Waals surface area contributed by atoms with Crippen LogP contribution in [0, 0.1) is 0 Å². The fourth-order valence-corrected chi connectivity index (χ4v) is 7.66.